The van der Waals surface area contributed by atoms with Gasteiger partial charge in [-0.25, -0.2) is 5.43 Å². The molecule has 0 unspecified atom stereocenters. The minimum absolute atomic E-state index is 0.00276. The van der Waals surface area contributed by atoms with Crippen molar-refractivity contribution in [2.75, 3.05) is 0 Å². The summed E-state index contributed by atoms with van der Waals surface area (Å²) >= 11 is 6.03. The molecule has 0 fully saturated rings. The summed E-state index contributed by atoms with van der Waals surface area (Å²) in [7, 11) is 0. The van der Waals surface area contributed by atoms with Gasteiger partial charge in [0.15, 0.2) is 0 Å². The van der Waals surface area contributed by atoms with Gasteiger partial charge in [-0.1, -0.05) is 17.7 Å². The predicted octanol–water partition coefficient (Wildman–Crippen LogP) is 3.71. The Morgan fingerprint density at radius 2 is 1.87 bits per heavy atom. The monoisotopic (exact) mass is 331 g/mol. The van der Waals surface area contributed by atoms with E-state index in [1.54, 1.807) is 37.3 Å². The number of halogens is 1. The van der Waals surface area contributed by atoms with Crippen molar-refractivity contribution < 1.29 is 9.72 Å². The lowest BCUT2D eigenvalue weighted by atomic mass is 10.1. The van der Waals surface area contributed by atoms with Crippen molar-refractivity contribution in [3.05, 3.63) is 74.3 Å². The third kappa shape index (κ3) is 4.14. The maximum Gasteiger partial charge on any atom is 0.272 e. The lowest BCUT2D eigenvalue weighted by molar-refractivity contribution is -0.384. The van der Waals surface area contributed by atoms with Crippen LogP contribution in [0.3, 0.4) is 0 Å². The molecule has 2 rings (SSSR count). The fourth-order valence-electron chi connectivity index (χ4n) is 1.89. The lowest BCUT2D eigenvalue weighted by Crippen LogP contribution is -2.19. The molecule has 0 bridgehead atoms. The van der Waals surface area contributed by atoms with Gasteiger partial charge in [0.25, 0.3) is 11.6 Å². The van der Waals surface area contributed by atoms with Crippen LogP contribution in [-0.2, 0) is 0 Å². The van der Waals surface area contributed by atoms with Crippen molar-refractivity contribution in [3.63, 3.8) is 0 Å². The van der Waals surface area contributed by atoms with E-state index >= 15 is 0 Å². The maximum atomic E-state index is 12.1. The highest BCUT2D eigenvalue weighted by Crippen LogP contribution is 2.17. The smallest absolute Gasteiger partial charge is 0.267 e. The number of carbonyl (C=O) groups excluding carboxylic acids is 1. The summed E-state index contributed by atoms with van der Waals surface area (Å²) in [5.41, 5.74) is 4.91. The van der Waals surface area contributed by atoms with Crippen LogP contribution in [0, 0.1) is 17.0 Å². The van der Waals surface area contributed by atoms with Crippen LogP contribution in [0.4, 0.5) is 5.69 Å². The van der Waals surface area contributed by atoms with Gasteiger partial charge in [-0.3, -0.25) is 14.9 Å². The van der Waals surface area contributed by atoms with Crippen LogP contribution in [0.25, 0.3) is 0 Å². The molecule has 1 N–H and O–H groups in total. The van der Waals surface area contributed by atoms with E-state index in [2.05, 4.69) is 10.5 Å². The Kier molecular flexibility index (Phi) is 5.08. The van der Waals surface area contributed by atoms with E-state index in [0.29, 0.717) is 21.9 Å². The van der Waals surface area contributed by atoms with E-state index < -0.39 is 10.8 Å². The molecule has 0 radical (unpaired) electrons. The van der Waals surface area contributed by atoms with Gasteiger partial charge in [0, 0.05) is 12.1 Å². The number of amides is 1. The Morgan fingerprint density at radius 1 is 1.22 bits per heavy atom. The van der Waals surface area contributed by atoms with Crippen LogP contribution in [0.15, 0.2) is 47.6 Å². The van der Waals surface area contributed by atoms with E-state index in [-0.39, 0.29) is 5.69 Å². The van der Waals surface area contributed by atoms with E-state index in [9.17, 15) is 14.9 Å². The molecule has 0 aliphatic carbocycles. The Hall–Kier alpha value is -2.73. The van der Waals surface area contributed by atoms with E-state index in [4.69, 9.17) is 11.6 Å². The van der Waals surface area contributed by atoms with Crippen LogP contribution in [-0.4, -0.2) is 16.5 Å². The number of rotatable bonds is 4. The van der Waals surface area contributed by atoms with E-state index in [1.807, 2.05) is 6.92 Å². The van der Waals surface area contributed by atoms with Crippen molar-refractivity contribution in [1.82, 2.24) is 5.43 Å². The second-order valence-corrected chi connectivity index (χ2v) is 5.33. The summed E-state index contributed by atoms with van der Waals surface area (Å²) < 4.78 is 0. The molecule has 0 aromatic heterocycles. The van der Waals surface area contributed by atoms with Crippen molar-refractivity contribution in [3.8, 4) is 0 Å². The van der Waals surface area contributed by atoms with Gasteiger partial charge < -0.3 is 0 Å². The molecule has 6 nitrogen and oxygen atoms in total. The zero-order chi connectivity index (χ0) is 17.0. The standard InChI is InChI=1S/C16H14ClN3O3/c1-10-3-8-14(15(17)9-10)16(21)19-18-11(2)12-4-6-13(7-5-12)20(22)23/h3-9H,1-2H3,(H,19,21)/b18-11+. The molecule has 0 saturated carbocycles. The molecule has 2 aromatic rings. The quantitative estimate of drug-likeness (QED) is 0.526. The average Bonchev–Trinajstić information content (AvgIpc) is 2.52. The average molecular weight is 332 g/mol. The fraction of sp³-hybridized carbons (Fsp3) is 0.125. The fourth-order valence-corrected chi connectivity index (χ4v) is 2.21. The second-order valence-electron chi connectivity index (χ2n) is 4.93. The van der Waals surface area contributed by atoms with Crippen molar-refractivity contribution >= 4 is 28.9 Å². The van der Waals surface area contributed by atoms with Crippen LogP contribution in [0.5, 0.6) is 0 Å². The minimum Gasteiger partial charge on any atom is -0.267 e. The summed E-state index contributed by atoms with van der Waals surface area (Å²) in [6.45, 7) is 3.57. The summed E-state index contributed by atoms with van der Waals surface area (Å²) in [4.78, 5) is 22.2. The summed E-state index contributed by atoms with van der Waals surface area (Å²) in [5.74, 6) is -0.420. The van der Waals surface area contributed by atoms with Crippen molar-refractivity contribution in [1.29, 1.82) is 0 Å². The van der Waals surface area contributed by atoms with Crippen LogP contribution in [0.2, 0.25) is 5.02 Å². The second kappa shape index (κ2) is 7.02. The third-order valence-electron chi connectivity index (χ3n) is 3.19. The lowest BCUT2D eigenvalue weighted by Gasteiger charge is -2.05. The first kappa shape index (κ1) is 16.6. The van der Waals surface area contributed by atoms with Gasteiger partial charge >= 0.3 is 0 Å². The SMILES string of the molecule is C/C(=N\NC(=O)c1ccc(C)cc1Cl)c1ccc([N+](=O)[O-])cc1. The van der Waals surface area contributed by atoms with Gasteiger partial charge in [-0.2, -0.15) is 5.10 Å². The van der Waals surface area contributed by atoms with Gasteiger partial charge in [0.1, 0.15) is 0 Å². The molecule has 0 atom stereocenters. The number of nitrogens with one attached hydrogen (secondary N) is 1. The molecule has 0 spiro atoms. The number of hydrogen-bond donors (Lipinski definition) is 1. The first-order valence-electron chi connectivity index (χ1n) is 6.74. The van der Waals surface area contributed by atoms with Gasteiger partial charge in [-0.15, -0.1) is 0 Å². The third-order valence-corrected chi connectivity index (χ3v) is 3.50. The van der Waals surface area contributed by atoms with Crippen LogP contribution < -0.4 is 5.43 Å². The topological polar surface area (TPSA) is 84.6 Å². The molecule has 0 heterocycles. The first-order valence-corrected chi connectivity index (χ1v) is 7.12. The van der Waals surface area contributed by atoms with Gasteiger partial charge in [0.05, 0.1) is 21.2 Å². The van der Waals surface area contributed by atoms with Crippen LogP contribution in [0.1, 0.15) is 28.4 Å². The number of hydrazone groups is 1. The number of aryl methyl sites for hydroxylation is 1. The summed E-state index contributed by atoms with van der Waals surface area (Å²) in [5, 5.41) is 15.0. The van der Waals surface area contributed by atoms with Crippen LogP contribution >= 0.6 is 11.6 Å². The number of carbonyl (C=O) groups is 1. The number of benzene rings is 2. The van der Waals surface area contributed by atoms with Gasteiger partial charge in [0.2, 0.25) is 0 Å². The molecule has 2 aromatic carbocycles. The highest BCUT2D eigenvalue weighted by molar-refractivity contribution is 6.33. The van der Waals surface area contributed by atoms with Gasteiger partial charge in [-0.05, 0) is 49.2 Å². The molecular weight excluding hydrogens is 318 g/mol. The highest BCUT2D eigenvalue weighted by atomic mass is 35.5. The predicted molar refractivity (Wildman–Crippen MR) is 89.0 cm³/mol. The maximum absolute atomic E-state index is 12.1. The first-order chi connectivity index (χ1) is 10.9. The number of nitro benzene ring substituents is 1. The molecule has 1 amide bonds. The zero-order valence-electron chi connectivity index (χ0n) is 12.5. The molecular formula is C16H14ClN3O3. The molecule has 0 aliphatic heterocycles. The Balaban J connectivity index is 2.12. The molecule has 0 saturated heterocycles. The Morgan fingerprint density at radius 3 is 2.43 bits per heavy atom. The van der Waals surface area contributed by atoms with E-state index in [1.165, 1.54) is 12.1 Å². The number of nitrogens with zero attached hydrogens (tertiary/aromatic N) is 2. The normalized spacial score (nSPS) is 11.2. The number of nitro groups is 1. The summed E-state index contributed by atoms with van der Waals surface area (Å²) in [6.07, 6.45) is 0. The summed E-state index contributed by atoms with van der Waals surface area (Å²) in [6, 6.07) is 11.0. The number of hydrogen-bond acceptors (Lipinski definition) is 4. The largest absolute Gasteiger partial charge is 0.272 e. The molecule has 118 valence electrons. The Bertz CT molecular complexity index is 786. The highest BCUT2D eigenvalue weighted by Gasteiger charge is 2.10. The Labute approximate surface area is 137 Å². The molecule has 0 aliphatic rings. The number of non-ortho nitro benzene ring substituents is 1. The van der Waals surface area contributed by atoms with E-state index in [0.717, 1.165) is 5.56 Å². The molecule has 23 heavy (non-hydrogen) atoms. The van der Waals surface area contributed by atoms with Crippen molar-refractivity contribution in [2.45, 2.75) is 13.8 Å². The molecule has 7 heteroatoms. The zero-order valence-corrected chi connectivity index (χ0v) is 13.3. The minimum atomic E-state index is -0.475. The van der Waals surface area contributed by atoms with Crippen molar-refractivity contribution in [2.24, 2.45) is 5.10 Å².